The fourth-order valence-corrected chi connectivity index (χ4v) is 3.27. The highest BCUT2D eigenvalue weighted by Gasteiger charge is 2.21. The van der Waals surface area contributed by atoms with E-state index in [1.165, 1.54) is 5.56 Å². The highest BCUT2D eigenvalue weighted by molar-refractivity contribution is 5.85. The molecule has 2 N–H and O–H groups in total. The molecule has 2 amide bonds. The minimum absolute atomic E-state index is 0.234. The molecule has 0 unspecified atom stereocenters. The van der Waals surface area contributed by atoms with Crippen LogP contribution in [0.25, 0.3) is 0 Å². The van der Waals surface area contributed by atoms with E-state index in [0.717, 1.165) is 44.8 Å². The number of hydrogen-bond acceptors (Lipinski definition) is 5. The van der Waals surface area contributed by atoms with Gasteiger partial charge >= 0.3 is 6.09 Å². The molecule has 162 valence electrons. The highest BCUT2D eigenvalue weighted by atomic mass is 16.6. The van der Waals surface area contributed by atoms with Gasteiger partial charge in [0.05, 0.1) is 0 Å². The van der Waals surface area contributed by atoms with E-state index in [2.05, 4.69) is 33.4 Å². The van der Waals surface area contributed by atoms with Gasteiger partial charge in [0.2, 0.25) is 5.91 Å². The van der Waals surface area contributed by atoms with Gasteiger partial charge in [-0.2, -0.15) is 0 Å². The van der Waals surface area contributed by atoms with Gasteiger partial charge in [0.15, 0.2) is 0 Å². The summed E-state index contributed by atoms with van der Waals surface area (Å²) in [6.45, 7) is 16.0. The predicted octanol–water partition coefficient (Wildman–Crippen LogP) is 2.35. The van der Waals surface area contributed by atoms with Gasteiger partial charge in [0.25, 0.3) is 0 Å². The van der Waals surface area contributed by atoms with Crippen LogP contribution in [0.1, 0.15) is 45.7 Å². The number of piperazine rings is 1. The zero-order valence-electron chi connectivity index (χ0n) is 18.5. The molecule has 1 fully saturated rings. The number of carbonyl (C=O) groups is 2. The monoisotopic (exact) mass is 404 g/mol. The molecule has 0 spiro atoms. The number of rotatable bonds is 7. The van der Waals surface area contributed by atoms with Gasteiger partial charge in [-0.15, -0.1) is 0 Å². The average Bonchev–Trinajstić information content (AvgIpc) is 2.66. The number of likely N-dealkylation sites (N-methyl/N-ethyl adjacent to an activating group) is 1. The molecule has 0 saturated carbocycles. The third kappa shape index (κ3) is 8.03. The van der Waals surface area contributed by atoms with Crippen molar-refractivity contribution in [1.82, 2.24) is 20.4 Å². The molecule has 1 aliphatic rings. The second-order valence-corrected chi connectivity index (χ2v) is 8.56. The smallest absolute Gasteiger partial charge is 0.408 e. The van der Waals surface area contributed by atoms with E-state index in [1.807, 2.05) is 18.2 Å². The first-order valence-corrected chi connectivity index (χ1v) is 10.5. The maximum absolute atomic E-state index is 12.4. The molecule has 1 aliphatic heterocycles. The van der Waals surface area contributed by atoms with Crippen LogP contribution in [0.15, 0.2) is 24.3 Å². The number of alkyl carbamates (subject to hydrolysis) is 1. The van der Waals surface area contributed by atoms with Gasteiger partial charge in [-0.1, -0.05) is 31.2 Å². The van der Waals surface area contributed by atoms with Crippen LogP contribution in [-0.4, -0.2) is 66.2 Å². The first kappa shape index (κ1) is 23.2. The number of carbonyl (C=O) groups excluding carboxylic acids is 2. The Bertz CT molecular complexity index is 679. The quantitative estimate of drug-likeness (QED) is 0.730. The van der Waals surface area contributed by atoms with Crippen molar-refractivity contribution in [2.75, 3.05) is 32.7 Å². The number of nitrogens with zero attached hydrogens (tertiary/aromatic N) is 2. The van der Waals surface area contributed by atoms with Crippen molar-refractivity contribution in [1.29, 1.82) is 0 Å². The lowest BCUT2D eigenvalue weighted by Crippen LogP contribution is -2.46. The Kier molecular flexibility index (Phi) is 8.46. The van der Waals surface area contributed by atoms with E-state index in [1.54, 1.807) is 27.7 Å². The summed E-state index contributed by atoms with van der Waals surface area (Å²) in [7, 11) is 0. The molecule has 7 heteroatoms. The fraction of sp³-hybridized carbons (Fsp3) is 0.636. The summed E-state index contributed by atoms with van der Waals surface area (Å²) < 4.78 is 5.20. The first-order chi connectivity index (χ1) is 13.7. The van der Waals surface area contributed by atoms with Crippen LogP contribution in [-0.2, 0) is 22.6 Å². The SMILES string of the molecule is CCN1CCN(Cc2ccccc2CNC(=O)[C@@H](C)NC(=O)OC(C)(C)C)CC1. The molecule has 0 bridgehead atoms. The molecule has 1 atom stereocenters. The minimum atomic E-state index is -0.667. The summed E-state index contributed by atoms with van der Waals surface area (Å²) >= 11 is 0. The Morgan fingerprint density at radius 3 is 2.24 bits per heavy atom. The number of hydrogen-bond donors (Lipinski definition) is 2. The standard InChI is InChI=1S/C22H36N4O3/c1-6-25-11-13-26(14-12-25)16-19-10-8-7-9-18(19)15-23-20(27)17(2)24-21(28)29-22(3,4)5/h7-10,17H,6,11-16H2,1-5H3,(H,23,27)(H,24,28)/t17-/m1/s1. The molecule has 1 heterocycles. The molecular formula is C22H36N4O3. The molecule has 29 heavy (non-hydrogen) atoms. The number of amides is 2. The van der Waals surface area contributed by atoms with Crippen LogP contribution in [0.2, 0.25) is 0 Å². The molecule has 2 rings (SSSR count). The van der Waals surface area contributed by atoms with Crippen LogP contribution < -0.4 is 10.6 Å². The van der Waals surface area contributed by atoms with Crippen molar-refractivity contribution in [2.45, 2.75) is 59.4 Å². The summed E-state index contributed by atoms with van der Waals surface area (Å²) in [5.74, 6) is -0.234. The minimum Gasteiger partial charge on any atom is -0.444 e. The summed E-state index contributed by atoms with van der Waals surface area (Å²) in [4.78, 5) is 29.2. The zero-order chi connectivity index (χ0) is 21.4. The normalized spacial score (nSPS) is 16.9. The van der Waals surface area contributed by atoms with Crippen LogP contribution in [0.5, 0.6) is 0 Å². The zero-order valence-corrected chi connectivity index (χ0v) is 18.5. The van der Waals surface area contributed by atoms with Gasteiger partial charge in [-0.3, -0.25) is 9.69 Å². The maximum atomic E-state index is 12.4. The second-order valence-electron chi connectivity index (χ2n) is 8.56. The highest BCUT2D eigenvalue weighted by Crippen LogP contribution is 2.14. The largest absolute Gasteiger partial charge is 0.444 e. The Balaban J connectivity index is 1.85. The summed E-state index contributed by atoms with van der Waals surface area (Å²) in [6, 6.07) is 7.52. The third-order valence-corrected chi connectivity index (χ3v) is 5.00. The van der Waals surface area contributed by atoms with Crippen LogP contribution in [0, 0.1) is 0 Å². The van der Waals surface area contributed by atoms with Crippen molar-refractivity contribution in [3.05, 3.63) is 35.4 Å². The molecule has 1 aromatic rings. The van der Waals surface area contributed by atoms with Gasteiger partial charge in [-0.25, -0.2) is 4.79 Å². The number of ether oxygens (including phenoxy) is 1. The lowest BCUT2D eigenvalue weighted by atomic mass is 10.1. The van der Waals surface area contributed by atoms with E-state index in [0.29, 0.717) is 6.54 Å². The van der Waals surface area contributed by atoms with E-state index < -0.39 is 17.7 Å². The summed E-state index contributed by atoms with van der Waals surface area (Å²) in [5.41, 5.74) is 1.73. The average molecular weight is 405 g/mol. The predicted molar refractivity (Wildman–Crippen MR) is 115 cm³/mol. The molecule has 0 radical (unpaired) electrons. The van der Waals surface area contributed by atoms with Gasteiger partial charge in [-0.05, 0) is 45.4 Å². The Hall–Kier alpha value is -2.12. The van der Waals surface area contributed by atoms with Gasteiger partial charge in [0, 0.05) is 39.3 Å². The number of benzene rings is 1. The topological polar surface area (TPSA) is 73.9 Å². The lowest BCUT2D eigenvalue weighted by molar-refractivity contribution is -0.122. The molecule has 0 aromatic heterocycles. The van der Waals surface area contributed by atoms with Crippen molar-refractivity contribution >= 4 is 12.0 Å². The molecule has 7 nitrogen and oxygen atoms in total. The van der Waals surface area contributed by atoms with Crippen molar-refractivity contribution in [3.63, 3.8) is 0 Å². The third-order valence-electron chi connectivity index (χ3n) is 5.00. The van der Waals surface area contributed by atoms with Gasteiger partial charge in [0.1, 0.15) is 11.6 Å². The molecule has 1 aromatic carbocycles. The van der Waals surface area contributed by atoms with Crippen LogP contribution in [0.4, 0.5) is 4.79 Å². The summed E-state index contributed by atoms with van der Waals surface area (Å²) in [6.07, 6.45) is -0.591. The molecule has 1 saturated heterocycles. The number of nitrogens with one attached hydrogen (secondary N) is 2. The van der Waals surface area contributed by atoms with E-state index in [4.69, 9.17) is 4.74 Å². The molecular weight excluding hydrogens is 368 g/mol. The Morgan fingerprint density at radius 1 is 1.07 bits per heavy atom. The van der Waals surface area contributed by atoms with Crippen molar-refractivity contribution in [3.8, 4) is 0 Å². The fourth-order valence-electron chi connectivity index (χ4n) is 3.27. The lowest BCUT2D eigenvalue weighted by Gasteiger charge is -2.34. The van der Waals surface area contributed by atoms with Crippen molar-refractivity contribution < 1.29 is 14.3 Å². The first-order valence-electron chi connectivity index (χ1n) is 10.5. The van der Waals surface area contributed by atoms with E-state index in [9.17, 15) is 9.59 Å². The maximum Gasteiger partial charge on any atom is 0.408 e. The van der Waals surface area contributed by atoms with Crippen LogP contribution in [0.3, 0.4) is 0 Å². The Labute approximate surface area is 174 Å². The van der Waals surface area contributed by atoms with Gasteiger partial charge < -0.3 is 20.3 Å². The second kappa shape index (κ2) is 10.6. The van der Waals surface area contributed by atoms with E-state index >= 15 is 0 Å². The van der Waals surface area contributed by atoms with Crippen molar-refractivity contribution in [2.24, 2.45) is 0 Å². The summed E-state index contributed by atoms with van der Waals surface area (Å²) in [5, 5.41) is 5.50. The van der Waals surface area contributed by atoms with E-state index in [-0.39, 0.29) is 5.91 Å². The molecule has 0 aliphatic carbocycles. The Morgan fingerprint density at radius 2 is 1.66 bits per heavy atom. The van der Waals surface area contributed by atoms with Crippen LogP contribution >= 0.6 is 0 Å².